The van der Waals surface area contributed by atoms with Crippen LogP contribution in [0.4, 0.5) is 0 Å². The van der Waals surface area contributed by atoms with Crippen molar-refractivity contribution in [1.82, 2.24) is 14.8 Å². The van der Waals surface area contributed by atoms with E-state index in [1.807, 2.05) is 35.9 Å². The van der Waals surface area contributed by atoms with Gasteiger partial charge in [0, 0.05) is 40.5 Å². The third kappa shape index (κ3) is 5.86. The lowest BCUT2D eigenvalue weighted by molar-refractivity contribution is 0.0940. The maximum Gasteiger partial charge on any atom is 0.268 e. The number of carbonyl (C=O) groups is 1. The minimum atomic E-state index is -0.0679. The minimum absolute atomic E-state index is 0.0679. The quantitative estimate of drug-likeness (QED) is 0.392. The van der Waals surface area contributed by atoms with Crippen molar-refractivity contribution in [2.24, 2.45) is 0 Å². The number of benzene rings is 2. The fourth-order valence-electron chi connectivity index (χ4n) is 4.77. The number of likely N-dealkylation sites (tertiary alicyclic amines) is 1. The van der Waals surface area contributed by atoms with Crippen LogP contribution in [0.25, 0.3) is 11.1 Å². The van der Waals surface area contributed by atoms with Gasteiger partial charge in [-0.25, -0.2) is 0 Å². The molecule has 6 heteroatoms. The Hall–Kier alpha value is -2.27. The summed E-state index contributed by atoms with van der Waals surface area (Å²) in [5, 5.41) is 4.39. The average molecular weight is 498 g/mol. The van der Waals surface area contributed by atoms with Gasteiger partial charge in [-0.05, 0) is 63.0 Å². The molecule has 1 aliphatic rings. The molecule has 3 aromatic rings. The van der Waals surface area contributed by atoms with Gasteiger partial charge in [-0.3, -0.25) is 4.79 Å². The number of aryl methyl sites for hydroxylation is 2. The number of rotatable bonds is 7. The zero-order valence-electron chi connectivity index (χ0n) is 20.0. The fourth-order valence-corrected chi connectivity index (χ4v) is 5.29. The molecule has 4 rings (SSSR count). The zero-order chi connectivity index (χ0) is 24.1. The van der Waals surface area contributed by atoms with E-state index < -0.39 is 0 Å². The molecule has 1 saturated heterocycles. The maximum atomic E-state index is 13.6. The van der Waals surface area contributed by atoms with Crippen molar-refractivity contribution in [2.45, 2.75) is 46.1 Å². The van der Waals surface area contributed by atoms with Gasteiger partial charge in [0.05, 0.1) is 6.54 Å². The fraction of sp³-hybridized carbons (Fsp3) is 0.393. The van der Waals surface area contributed by atoms with Gasteiger partial charge in [0.25, 0.3) is 5.91 Å². The van der Waals surface area contributed by atoms with Gasteiger partial charge in [0.1, 0.15) is 5.69 Å². The van der Waals surface area contributed by atoms with Crippen LogP contribution in [0.3, 0.4) is 0 Å². The summed E-state index contributed by atoms with van der Waals surface area (Å²) in [6, 6.07) is 13.8. The van der Waals surface area contributed by atoms with E-state index >= 15 is 0 Å². The van der Waals surface area contributed by atoms with E-state index in [1.54, 1.807) is 0 Å². The predicted octanol–water partition coefficient (Wildman–Crippen LogP) is 6.73. The highest BCUT2D eigenvalue weighted by atomic mass is 35.5. The van der Waals surface area contributed by atoms with Crippen LogP contribution in [0.1, 0.15) is 52.9 Å². The Morgan fingerprint density at radius 3 is 2.24 bits per heavy atom. The monoisotopic (exact) mass is 497 g/mol. The molecule has 1 N–H and O–H groups in total. The van der Waals surface area contributed by atoms with E-state index in [-0.39, 0.29) is 5.91 Å². The third-order valence-electron chi connectivity index (χ3n) is 6.63. The molecule has 180 valence electrons. The van der Waals surface area contributed by atoms with Gasteiger partial charge >= 0.3 is 0 Å². The molecule has 2 aromatic carbocycles. The number of hydrogen-bond acceptors (Lipinski definition) is 2. The van der Waals surface area contributed by atoms with Gasteiger partial charge in [-0.2, -0.15) is 0 Å². The highest BCUT2D eigenvalue weighted by molar-refractivity contribution is 6.36. The highest BCUT2D eigenvalue weighted by Gasteiger charge is 2.23. The second-order valence-electron chi connectivity index (χ2n) is 9.24. The molecule has 1 fully saturated rings. The lowest BCUT2D eigenvalue weighted by Crippen LogP contribution is -2.36. The summed E-state index contributed by atoms with van der Waals surface area (Å²) in [6.45, 7) is 8.28. The van der Waals surface area contributed by atoms with Crippen molar-refractivity contribution in [3.63, 3.8) is 0 Å². The Bertz CT molecular complexity index is 1110. The first kappa shape index (κ1) is 24.8. The van der Waals surface area contributed by atoms with E-state index in [9.17, 15) is 4.79 Å². The summed E-state index contributed by atoms with van der Waals surface area (Å²) in [4.78, 5) is 16.1. The van der Waals surface area contributed by atoms with Crippen LogP contribution in [0.2, 0.25) is 10.0 Å². The number of hydrogen-bond donors (Lipinski definition) is 1. The summed E-state index contributed by atoms with van der Waals surface area (Å²) in [5.41, 5.74) is 5.68. The molecule has 0 aliphatic carbocycles. The van der Waals surface area contributed by atoms with Gasteiger partial charge < -0.3 is 14.8 Å². The predicted molar refractivity (Wildman–Crippen MR) is 142 cm³/mol. The van der Waals surface area contributed by atoms with Crippen LogP contribution in [0.5, 0.6) is 0 Å². The lowest BCUT2D eigenvalue weighted by Gasteiger charge is -2.20. The van der Waals surface area contributed by atoms with Crippen molar-refractivity contribution in [2.75, 3.05) is 26.2 Å². The number of amides is 1. The number of nitrogens with one attached hydrogen (secondary N) is 1. The summed E-state index contributed by atoms with van der Waals surface area (Å²) < 4.78 is 1.99. The van der Waals surface area contributed by atoms with Gasteiger partial charge in [-0.1, -0.05) is 71.9 Å². The zero-order valence-corrected chi connectivity index (χ0v) is 21.6. The van der Waals surface area contributed by atoms with Crippen LogP contribution in [-0.2, 0) is 6.54 Å². The molecule has 4 nitrogen and oxygen atoms in total. The van der Waals surface area contributed by atoms with E-state index in [0.29, 0.717) is 28.8 Å². The summed E-state index contributed by atoms with van der Waals surface area (Å²) in [7, 11) is 0. The summed E-state index contributed by atoms with van der Waals surface area (Å²) >= 11 is 12.9. The van der Waals surface area contributed by atoms with E-state index in [2.05, 4.69) is 41.4 Å². The number of halogens is 2. The molecule has 0 radical (unpaired) electrons. The van der Waals surface area contributed by atoms with Crippen molar-refractivity contribution in [3.8, 4) is 11.1 Å². The largest absolute Gasteiger partial charge is 0.349 e. The molecule has 1 aromatic heterocycles. The van der Waals surface area contributed by atoms with Crippen molar-refractivity contribution in [3.05, 3.63) is 81.1 Å². The minimum Gasteiger partial charge on any atom is -0.349 e. The molecule has 1 amide bonds. The average Bonchev–Trinajstić information content (AvgIpc) is 2.96. The van der Waals surface area contributed by atoms with Crippen molar-refractivity contribution in [1.29, 1.82) is 0 Å². The third-order valence-corrected chi connectivity index (χ3v) is 7.33. The van der Waals surface area contributed by atoms with Crippen LogP contribution >= 0.6 is 23.2 Å². The van der Waals surface area contributed by atoms with Crippen LogP contribution in [0.15, 0.2) is 48.7 Å². The first-order valence-corrected chi connectivity index (χ1v) is 12.9. The van der Waals surface area contributed by atoms with Crippen LogP contribution in [0, 0.1) is 13.8 Å². The highest BCUT2D eigenvalue weighted by Crippen LogP contribution is 2.32. The van der Waals surface area contributed by atoms with Gasteiger partial charge in [-0.15, -0.1) is 0 Å². The lowest BCUT2D eigenvalue weighted by atomic mass is 10.0. The Kier molecular flexibility index (Phi) is 8.36. The van der Waals surface area contributed by atoms with Gasteiger partial charge in [0.15, 0.2) is 0 Å². The molecule has 0 bridgehead atoms. The summed E-state index contributed by atoms with van der Waals surface area (Å²) in [5.74, 6) is -0.0679. The van der Waals surface area contributed by atoms with Crippen molar-refractivity contribution < 1.29 is 4.79 Å². The molecule has 0 saturated carbocycles. The normalized spacial score (nSPS) is 14.7. The Labute approximate surface area is 212 Å². The Morgan fingerprint density at radius 1 is 0.941 bits per heavy atom. The number of nitrogens with zero attached hydrogens (tertiary/aromatic N) is 2. The molecule has 0 atom stereocenters. The number of aromatic nitrogens is 1. The first-order chi connectivity index (χ1) is 16.4. The van der Waals surface area contributed by atoms with E-state index in [0.717, 1.165) is 41.9 Å². The molecule has 0 unspecified atom stereocenters. The number of carbonyl (C=O) groups excluding carboxylic acids is 1. The molecule has 0 spiro atoms. The maximum absolute atomic E-state index is 13.6. The molecular formula is C28H33Cl2N3O. The topological polar surface area (TPSA) is 37.3 Å². The SMILES string of the molecule is Cc1ccc(-c2c(C)cn(Cc3c(Cl)cccc3Cl)c2C(=O)NCCN2CCCCCC2)cc1. The van der Waals surface area contributed by atoms with E-state index in [1.165, 1.54) is 31.2 Å². The smallest absolute Gasteiger partial charge is 0.268 e. The van der Waals surface area contributed by atoms with Crippen LogP contribution < -0.4 is 5.32 Å². The molecule has 34 heavy (non-hydrogen) atoms. The van der Waals surface area contributed by atoms with E-state index in [4.69, 9.17) is 23.2 Å². The summed E-state index contributed by atoms with van der Waals surface area (Å²) in [6.07, 6.45) is 7.12. The second kappa shape index (κ2) is 11.4. The van der Waals surface area contributed by atoms with Gasteiger partial charge in [0.2, 0.25) is 0 Å². The molecular weight excluding hydrogens is 465 g/mol. The Morgan fingerprint density at radius 2 is 1.59 bits per heavy atom. The Balaban J connectivity index is 1.63. The standard InChI is InChI=1S/C28H33Cl2N3O/c1-20-10-12-22(13-11-20)26-21(2)18-33(19-23-24(29)8-7-9-25(23)30)27(26)28(34)31-14-17-32-15-5-3-4-6-16-32/h7-13,18H,3-6,14-17,19H2,1-2H3,(H,31,34). The molecule has 2 heterocycles. The van der Waals surface area contributed by atoms with Crippen LogP contribution in [-0.4, -0.2) is 41.6 Å². The molecule has 1 aliphatic heterocycles. The second-order valence-corrected chi connectivity index (χ2v) is 10.1. The first-order valence-electron chi connectivity index (χ1n) is 12.1. The van der Waals surface area contributed by atoms with Crippen molar-refractivity contribution >= 4 is 29.1 Å².